The monoisotopic (exact) mass is 746 g/mol. The molecular formula is C37H41F3N2O11. The summed E-state index contributed by atoms with van der Waals surface area (Å²) in [6.45, 7) is 3.07. The number of halogens is 3. The number of carbonyl (C=O) groups excluding carboxylic acids is 5. The lowest BCUT2D eigenvalue weighted by molar-refractivity contribution is -0.182. The van der Waals surface area contributed by atoms with Gasteiger partial charge in [-0.3, -0.25) is 14.4 Å². The van der Waals surface area contributed by atoms with Crippen LogP contribution < -0.4 is 10.6 Å². The van der Waals surface area contributed by atoms with Gasteiger partial charge in [0.2, 0.25) is 5.91 Å². The minimum absolute atomic E-state index is 0.00694. The van der Waals surface area contributed by atoms with Crippen LogP contribution in [0, 0.1) is 0 Å². The summed E-state index contributed by atoms with van der Waals surface area (Å²) in [4.78, 5) is 63.0. The third-order valence-corrected chi connectivity index (χ3v) is 7.77. The number of alkyl halides is 3. The lowest BCUT2D eigenvalue weighted by Gasteiger charge is -2.30. The zero-order valence-corrected chi connectivity index (χ0v) is 29.3. The maximum Gasteiger partial charge on any atom is 0.422 e. The molecule has 2 aliphatic rings. The average Bonchev–Trinajstić information content (AvgIpc) is 3.59. The van der Waals surface area contributed by atoms with Gasteiger partial charge >= 0.3 is 24.1 Å². The molecule has 0 bridgehead atoms. The minimum Gasteiger partial charge on any atom is -0.460 e. The molecule has 2 aromatic rings. The van der Waals surface area contributed by atoms with E-state index in [2.05, 4.69) is 15.4 Å². The van der Waals surface area contributed by atoms with Crippen LogP contribution in [-0.4, -0.2) is 91.0 Å². The topological polar surface area (TPSA) is 176 Å². The summed E-state index contributed by atoms with van der Waals surface area (Å²) < 4.78 is 63.2. The molecule has 1 heterocycles. The number of rotatable bonds is 14. The Kier molecular flexibility index (Phi) is 13.9. The summed E-state index contributed by atoms with van der Waals surface area (Å²) in [5, 5.41) is 15.2. The number of benzene rings is 2. The molecular weight excluding hydrogens is 705 g/mol. The second-order valence-corrected chi connectivity index (χ2v) is 13.3. The summed E-state index contributed by atoms with van der Waals surface area (Å²) in [7, 11) is 0. The van der Waals surface area contributed by atoms with Gasteiger partial charge in [0.25, 0.3) is 5.91 Å². The van der Waals surface area contributed by atoms with Crippen LogP contribution in [0.1, 0.15) is 71.9 Å². The number of ether oxygens (including phenoxy) is 5. The van der Waals surface area contributed by atoms with Crippen LogP contribution in [0.25, 0.3) is 6.08 Å². The molecule has 3 N–H and O–H groups in total. The first-order valence-electron chi connectivity index (χ1n) is 16.7. The Morgan fingerprint density at radius 3 is 2.45 bits per heavy atom. The van der Waals surface area contributed by atoms with Crippen molar-refractivity contribution in [3.63, 3.8) is 0 Å². The first-order chi connectivity index (χ1) is 25.0. The highest BCUT2D eigenvalue weighted by Gasteiger charge is 2.42. The largest absolute Gasteiger partial charge is 0.460 e. The first kappa shape index (κ1) is 40.7. The highest BCUT2D eigenvalue weighted by molar-refractivity contribution is 5.95. The molecule has 16 heteroatoms. The number of hydrogen-bond donors (Lipinski definition) is 3. The molecule has 0 spiro atoms. The van der Waals surface area contributed by atoms with Gasteiger partial charge in [0, 0.05) is 36.6 Å². The van der Waals surface area contributed by atoms with Crippen LogP contribution in [0.5, 0.6) is 0 Å². The summed E-state index contributed by atoms with van der Waals surface area (Å²) in [5.41, 5.74) is 0.881. The molecule has 1 fully saturated rings. The Labute approximate surface area is 303 Å². The van der Waals surface area contributed by atoms with Crippen LogP contribution in [-0.2, 0) is 44.6 Å². The molecule has 0 saturated carbocycles. The molecule has 4 rings (SSSR count). The van der Waals surface area contributed by atoms with E-state index in [-0.39, 0.29) is 55.9 Å². The first-order valence-corrected chi connectivity index (χ1v) is 16.7. The Morgan fingerprint density at radius 2 is 1.74 bits per heavy atom. The van der Waals surface area contributed by atoms with Crippen LogP contribution in [0.3, 0.4) is 0 Å². The molecule has 0 aromatic heterocycles. The Morgan fingerprint density at radius 1 is 1.00 bits per heavy atom. The maximum atomic E-state index is 13.3. The van der Waals surface area contributed by atoms with Crippen LogP contribution >= 0.6 is 0 Å². The van der Waals surface area contributed by atoms with E-state index >= 15 is 0 Å². The highest BCUT2D eigenvalue weighted by atomic mass is 19.4. The second kappa shape index (κ2) is 18.1. The van der Waals surface area contributed by atoms with E-state index in [9.17, 15) is 42.3 Å². The summed E-state index contributed by atoms with van der Waals surface area (Å²) in [6.07, 6.45) is -3.20. The second-order valence-electron chi connectivity index (χ2n) is 13.3. The standard InChI is InChI=1S/C37H41F3N2O11/c1-36(2,3)53-31(45)13-11-27(19-43)42-34(47)24-8-5-7-23(15-24)18-41-33(46)26-16-28-32(51-21-50-28)29(17-26)52-35(48)25-9-4-6-22(14-25)10-12-30(44)49-20-37(38,39)40/h4-10,12,14-16,27-29,32,43H,11,13,17-21H2,1-3H3,(H,41,46)(H,42,47)/t27-,28+,29+,32+/m0/s1. The lowest BCUT2D eigenvalue weighted by atomic mass is 9.91. The number of amides is 2. The van der Waals surface area contributed by atoms with Crippen molar-refractivity contribution in [3.8, 4) is 0 Å². The zero-order chi connectivity index (χ0) is 38.8. The predicted octanol–water partition coefficient (Wildman–Crippen LogP) is 3.93. The lowest BCUT2D eigenvalue weighted by Crippen LogP contribution is -2.43. The van der Waals surface area contributed by atoms with Crippen LogP contribution in [0.4, 0.5) is 13.2 Å². The molecule has 0 radical (unpaired) electrons. The van der Waals surface area contributed by atoms with E-state index in [1.54, 1.807) is 51.1 Å². The summed E-state index contributed by atoms with van der Waals surface area (Å²) in [5.74, 6) is -3.38. The van der Waals surface area contributed by atoms with Gasteiger partial charge in [-0.15, -0.1) is 0 Å². The van der Waals surface area contributed by atoms with Crippen molar-refractivity contribution in [1.82, 2.24) is 10.6 Å². The van der Waals surface area contributed by atoms with Crippen LogP contribution in [0.2, 0.25) is 0 Å². The third kappa shape index (κ3) is 13.1. The van der Waals surface area contributed by atoms with E-state index in [1.165, 1.54) is 30.3 Å². The van der Waals surface area contributed by atoms with Crippen LogP contribution in [0.15, 0.2) is 66.3 Å². The van der Waals surface area contributed by atoms with Gasteiger partial charge in [-0.05, 0) is 74.7 Å². The van der Waals surface area contributed by atoms with Crippen molar-refractivity contribution in [1.29, 1.82) is 0 Å². The summed E-state index contributed by atoms with van der Waals surface area (Å²) >= 11 is 0. The Balaban J connectivity index is 1.32. The Bertz CT molecular complexity index is 1720. The Hall–Kier alpha value is -5.06. The van der Waals surface area contributed by atoms with Gasteiger partial charge in [-0.25, -0.2) is 9.59 Å². The molecule has 2 aromatic carbocycles. The third-order valence-electron chi connectivity index (χ3n) is 7.77. The SMILES string of the molecule is CC(C)(C)OC(=O)CC[C@@H](CO)NC(=O)c1cccc(CNC(=O)C2=C[C@H]3OCO[C@H]3[C@H](OC(=O)c3cccc(C=CC(=O)OCC(F)(F)F)c3)C2)c1. The van der Waals surface area contributed by atoms with E-state index in [0.29, 0.717) is 11.1 Å². The number of hydrogen-bond acceptors (Lipinski definition) is 11. The number of esters is 3. The zero-order valence-electron chi connectivity index (χ0n) is 29.3. The van der Waals surface area contributed by atoms with Gasteiger partial charge in [0.15, 0.2) is 6.61 Å². The average molecular weight is 747 g/mol. The van der Waals surface area contributed by atoms with E-state index in [4.69, 9.17) is 18.9 Å². The number of nitrogens with one attached hydrogen (secondary N) is 2. The number of fused-ring (bicyclic) bond motifs is 1. The molecule has 1 aliphatic heterocycles. The van der Waals surface area contributed by atoms with Gasteiger partial charge in [0.05, 0.1) is 18.2 Å². The van der Waals surface area contributed by atoms with Crippen molar-refractivity contribution in [2.75, 3.05) is 20.0 Å². The van der Waals surface area contributed by atoms with E-state index in [1.807, 2.05) is 0 Å². The fourth-order valence-electron chi connectivity index (χ4n) is 5.35. The normalized spacial score (nSPS) is 19.1. The summed E-state index contributed by atoms with van der Waals surface area (Å²) in [6, 6.07) is 11.6. The fourth-order valence-corrected chi connectivity index (χ4v) is 5.35. The van der Waals surface area contributed by atoms with E-state index < -0.39 is 72.5 Å². The molecule has 2 amide bonds. The molecule has 13 nitrogen and oxygen atoms in total. The molecule has 286 valence electrons. The van der Waals surface area contributed by atoms with Crippen molar-refractivity contribution in [3.05, 3.63) is 88.5 Å². The van der Waals surface area contributed by atoms with Crippen molar-refractivity contribution in [2.24, 2.45) is 0 Å². The number of aliphatic hydroxyl groups is 1. The molecule has 1 saturated heterocycles. The van der Waals surface area contributed by atoms with Gasteiger partial charge in [-0.2, -0.15) is 13.2 Å². The minimum atomic E-state index is -4.67. The van der Waals surface area contributed by atoms with Gasteiger partial charge < -0.3 is 39.4 Å². The molecule has 1 aliphatic carbocycles. The van der Waals surface area contributed by atoms with Gasteiger partial charge in [0.1, 0.15) is 30.7 Å². The highest BCUT2D eigenvalue weighted by Crippen LogP contribution is 2.31. The van der Waals surface area contributed by atoms with Crippen molar-refractivity contribution in [2.45, 2.75) is 82.7 Å². The number of carbonyl (C=O) groups is 5. The maximum absolute atomic E-state index is 13.3. The predicted molar refractivity (Wildman–Crippen MR) is 181 cm³/mol. The van der Waals surface area contributed by atoms with Crippen molar-refractivity contribution < 1.29 is 65.9 Å². The molecule has 0 unspecified atom stereocenters. The molecule has 53 heavy (non-hydrogen) atoms. The van der Waals surface area contributed by atoms with Gasteiger partial charge in [-0.1, -0.05) is 24.3 Å². The smallest absolute Gasteiger partial charge is 0.422 e. The van der Waals surface area contributed by atoms with E-state index in [0.717, 1.165) is 6.08 Å². The molecule has 4 atom stereocenters. The quantitative estimate of drug-likeness (QED) is 0.145. The number of aliphatic hydroxyl groups excluding tert-OH is 1. The fraction of sp³-hybridized carbons (Fsp3) is 0.432. The van der Waals surface area contributed by atoms with Crippen molar-refractivity contribution >= 4 is 35.8 Å².